The molecule has 1 fully saturated rings. The molecule has 1 aromatic heterocycles. The highest BCUT2D eigenvalue weighted by atomic mass is 16.3. The van der Waals surface area contributed by atoms with Crippen molar-refractivity contribution < 1.29 is 4.42 Å². The van der Waals surface area contributed by atoms with Gasteiger partial charge in [-0.05, 0) is 137 Å². The van der Waals surface area contributed by atoms with Crippen molar-refractivity contribution >= 4 is 66.8 Å². The summed E-state index contributed by atoms with van der Waals surface area (Å²) in [4.78, 5) is 5.12. The summed E-state index contributed by atoms with van der Waals surface area (Å²) in [7, 11) is 0. The Labute approximate surface area is 362 Å². The lowest BCUT2D eigenvalue weighted by atomic mass is 9.68. The van der Waals surface area contributed by atoms with E-state index < -0.39 is 0 Å². The van der Waals surface area contributed by atoms with Gasteiger partial charge in [0.25, 0.3) is 0 Å². The van der Waals surface area contributed by atoms with Gasteiger partial charge in [-0.1, -0.05) is 140 Å². The summed E-state index contributed by atoms with van der Waals surface area (Å²) >= 11 is 0. The van der Waals surface area contributed by atoms with E-state index in [2.05, 4.69) is 216 Å². The summed E-state index contributed by atoms with van der Waals surface area (Å²) in [5.74, 6) is 0.980. The van der Waals surface area contributed by atoms with Gasteiger partial charge in [-0.25, -0.2) is 0 Å². The number of furan rings is 1. The van der Waals surface area contributed by atoms with E-state index in [0.717, 1.165) is 46.2 Å². The molecular weight excluding hydrogens is 753 g/mol. The highest BCUT2D eigenvalue weighted by molar-refractivity contribution is 6.07. The third kappa shape index (κ3) is 5.12. The van der Waals surface area contributed by atoms with Gasteiger partial charge in [0.1, 0.15) is 11.2 Å². The lowest BCUT2D eigenvalue weighted by Gasteiger charge is -2.40. The van der Waals surface area contributed by atoms with Crippen molar-refractivity contribution in [2.75, 3.05) is 9.80 Å². The lowest BCUT2D eigenvalue weighted by molar-refractivity contribution is 0.350. The second-order valence-electron chi connectivity index (χ2n) is 17.5. The molecule has 3 aliphatic carbocycles. The van der Waals surface area contributed by atoms with Gasteiger partial charge in [-0.3, -0.25) is 0 Å². The first-order chi connectivity index (χ1) is 30.8. The largest absolute Gasteiger partial charge is 0.456 e. The predicted molar refractivity (Wildman–Crippen MR) is 257 cm³/mol. The molecule has 3 atom stereocenters. The van der Waals surface area contributed by atoms with Crippen LogP contribution in [0.1, 0.15) is 35.1 Å². The fourth-order valence-corrected chi connectivity index (χ4v) is 12.2. The van der Waals surface area contributed by atoms with E-state index in [4.69, 9.17) is 4.42 Å². The molecule has 9 aromatic carbocycles. The second kappa shape index (κ2) is 13.8. The molecule has 10 aromatic rings. The molecule has 0 radical (unpaired) electrons. The van der Waals surface area contributed by atoms with Gasteiger partial charge in [-0.15, -0.1) is 0 Å². The minimum atomic E-state index is -0.175. The van der Waals surface area contributed by atoms with E-state index in [1.165, 1.54) is 79.7 Å². The number of hydrogen-bond acceptors (Lipinski definition) is 3. The normalized spacial score (nSPS) is 18.5. The number of para-hydroxylation sites is 3. The summed E-state index contributed by atoms with van der Waals surface area (Å²) < 4.78 is 6.55. The van der Waals surface area contributed by atoms with E-state index in [1.54, 1.807) is 0 Å². The van der Waals surface area contributed by atoms with Crippen molar-refractivity contribution in [3.8, 4) is 11.1 Å². The van der Waals surface area contributed by atoms with Crippen LogP contribution in [0.15, 0.2) is 211 Å². The first kappa shape index (κ1) is 35.4. The van der Waals surface area contributed by atoms with Crippen molar-refractivity contribution in [1.82, 2.24) is 0 Å². The molecule has 1 saturated carbocycles. The second-order valence-corrected chi connectivity index (χ2v) is 17.5. The van der Waals surface area contributed by atoms with E-state index >= 15 is 0 Å². The standard InChI is InChI=1S/C59H44N2O/c1-4-17-40(18-5-1)56-48-25-11-10-16-39(48)30-35-51(56)61(46-23-8-3-9-24-46)53-28-15-20-42-37-44-32-31-43-36-41-19-14-27-52(57(41)59(43,44)58(42)53)60(45-21-6-2-7-22-45)47-33-34-50-49-26-12-13-29-54(49)62-55(50)38-47/h1-30,33-35,38,43-44H,31-32,36-37H2. The Morgan fingerprint density at radius 3 is 1.66 bits per heavy atom. The monoisotopic (exact) mass is 796 g/mol. The SMILES string of the molecule is c1ccc(-c2c(N(c3ccccc3)c3cccc4c3C35c6c(cccc6N(c6ccccc6)c6ccc7c(c6)oc6ccccc67)CC3CCC5C4)ccc3ccccc23)cc1. The highest BCUT2D eigenvalue weighted by Crippen LogP contribution is 2.69. The fourth-order valence-electron chi connectivity index (χ4n) is 12.2. The molecule has 0 amide bonds. The zero-order valence-electron chi connectivity index (χ0n) is 34.4. The van der Waals surface area contributed by atoms with Crippen LogP contribution >= 0.6 is 0 Å². The number of anilines is 6. The molecule has 1 spiro atoms. The van der Waals surface area contributed by atoms with Crippen LogP contribution in [0, 0.1) is 11.8 Å². The van der Waals surface area contributed by atoms with E-state index in [0.29, 0.717) is 11.8 Å². The van der Waals surface area contributed by atoms with E-state index in [1.807, 2.05) is 0 Å². The summed E-state index contributed by atoms with van der Waals surface area (Å²) in [6.45, 7) is 0. The zero-order valence-corrected chi connectivity index (χ0v) is 34.4. The average molecular weight is 797 g/mol. The Hall–Kier alpha value is -7.36. The Morgan fingerprint density at radius 2 is 0.968 bits per heavy atom. The van der Waals surface area contributed by atoms with Crippen LogP contribution in [0.25, 0.3) is 43.8 Å². The maximum atomic E-state index is 6.55. The van der Waals surface area contributed by atoms with Gasteiger partial charge < -0.3 is 14.2 Å². The van der Waals surface area contributed by atoms with Crippen molar-refractivity contribution in [1.29, 1.82) is 0 Å². The summed E-state index contributed by atoms with van der Waals surface area (Å²) in [6, 6.07) is 76.1. The Kier molecular flexibility index (Phi) is 7.90. The summed E-state index contributed by atoms with van der Waals surface area (Å²) in [5.41, 5.74) is 17.3. The maximum absolute atomic E-state index is 6.55. The van der Waals surface area contributed by atoms with Gasteiger partial charge >= 0.3 is 0 Å². The molecule has 62 heavy (non-hydrogen) atoms. The van der Waals surface area contributed by atoms with Gasteiger partial charge in [0.15, 0.2) is 0 Å². The van der Waals surface area contributed by atoms with Gasteiger partial charge in [0, 0.05) is 44.9 Å². The molecule has 3 unspecified atom stereocenters. The first-order valence-corrected chi connectivity index (χ1v) is 22.2. The third-order valence-electron chi connectivity index (χ3n) is 14.5. The minimum absolute atomic E-state index is 0.175. The molecule has 3 heteroatoms. The smallest absolute Gasteiger partial charge is 0.137 e. The topological polar surface area (TPSA) is 19.6 Å². The van der Waals surface area contributed by atoms with Gasteiger partial charge in [0.2, 0.25) is 0 Å². The molecule has 0 N–H and O–H groups in total. The van der Waals surface area contributed by atoms with Gasteiger partial charge in [0.05, 0.1) is 17.1 Å². The Morgan fingerprint density at radius 1 is 0.403 bits per heavy atom. The molecular formula is C59H44N2O. The molecule has 296 valence electrons. The van der Waals surface area contributed by atoms with Crippen molar-refractivity contribution in [2.24, 2.45) is 11.8 Å². The van der Waals surface area contributed by atoms with E-state index in [-0.39, 0.29) is 5.41 Å². The quantitative estimate of drug-likeness (QED) is 0.160. The summed E-state index contributed by atoms with van der Waals surface area (Å²) in [6.07, 6.45) is 4.60. The number of nitrogens with zero attached hydrogens (tertiary/aromatic N) is 2. The number of fused-ring (bicyclic) bond motifs is 6. The number of rotatable bonds is 7. The number of benzene rings is 9. The van der Waals surface area contributed by atoms with Crippen LogP contribution in [0.4, 0.5) is 34.1 Å². The van der Waals surface area contributed by atoms with Crippen LogP contribution < -0.4 is 9.80 Å². The van der Waals surface area contributed by atoms with Crippen LogP contribution in [-0.2, 0) is 18.3 Å². The number of hydrogen-bond donors (Lipinski definition) is 0. The fraction of sp³-hybridized carbons (Fsp3) is 0.119. The maximum Gasteiger partial charge on any atom is 0.137 e. The molecule has 0 saturated heterocycles. The van der Waals surface area contributed by atoms with Crippen molar-refractivity contribution in [3.05, 3.63) is 229 Å². The average Bonchev–Trinajstić information content (AvgIpc) is 4.07. The van der Waals surface area contributed by atoms with Crippen LogP contribution in [0.5, 0.6) is 0 Å². The van der Waals surface area contributed by atoms with Crippen LogP contribution in [0.2, 0.25) is 0 Å². The molecule has 1 heterocycles. The molecule has 0 bridgehead atoms. The first-order valence-electron chi connectivity index (χ1n) is 22.2. The molecule has 3 aliphatic rings. The lowest BCUT2D eigenvalue weighted by Crippen LogP contribution is -2.34. The third-order valence-corrected chi connectivity index (χ3v) is 14.5. The van der Waals surface area contributed by atoms with Crippen LogP contribution in [-0.4, -0.2) is 0 Å². The minimum Gasteiger partial charge on any atom is -0.456 e. The van der Waals surface area contributed by atoms with Crippen molar-refractivity contribution in [2.45, 2.75) is 31.1 Å². The van der Waals surface area contributed by atoms with Crippen LogP contribution in [0.3, 0.4) is 0 Å². The van der Waals surface area contributed by atoms with Crippen molar-refractivity contribution in [3.63, 3.8) is 0 Å². The van der Waals surface area contributed by atoms with Gasteiger partial charge in [-0.2, -0.15) is 0 Å². The molecule has 0 aliphatic heterocycles. The van der Waals surface area contributed by atoms with E-state index in [9.17, 15) is 0 Å². The Bertz CT molecular complexity index is 3330. The molecule has 13 rings (SSSR count). The zero-order chi connectivity index (χ0) is 40.8. The summed E-state index contributed by atoms with van der Waals surface area (Å²) in [5, 5.41) is 4.79. The highest BCUT2D eigenvalue weighted by Gasteiger charge is 2.62. The predicted octanol–water partition coefficient (Wildman–Crippen LogP) is 15.8. The Balaban J connectivity index is 1.08. The molecule has 3 nitrogen and oxygen atoms in total.